The number of hydrogen-bond donors (Lipinski definition) is 4. The first kappa shape index (κ1) is 74.0. The number of carbonyl (C=O) groups excluding carboxylic acids is 2. The number of amides is 2. The van der Waals surface area contributed by atoms with Gasteiger partial charge in [0.1, 0.15) is 44.0 Å². The summed E-state index contributed by atoms with van der Waals surface area (Å²) in [6.07, 6.45) is 5.58. The molecule has 4 aromatic heterocycles. The van der Waals surface area contributed by atoms with Crippen molar-refractivity contribution in [3.8, 4) is 28.7 Å². The minimum Gasteiger partial charge on any atom is -0.489 e. The lowest BCUT2D eigenvalue weighted by atomic mass is 9.78. The normalized spacial score (nSPS) is 16.7. The average Bonchev–Trinajstić information content (AvgIpc) is 1.57. The van der Waals surface area contributed by atoms with Crippen molar-refractivity contribution in [2.24, 2.45) is 0 Å². The molecule has 3 saturated heterocycles. The molecule has 0 bridgehead atoms. The van der Waals surface area contributed by atoms with Gasteiger partial charge in [-0.2, -0.15) is 15.5 Å². The second-order valence-corrected chi connectivity index (χ2v) is 33.3. The van der Waals surface area contributed by atoms with Gasteiger partial charge in [0.2, 0.25) is 5.69 Å². The van der Waals surface area contributed by atoms with E-state index in [9.17, 15) is 33.5 Å². The Morgan fingerprint density at radius 3 is 1.49 bits per heavy atom. The molecule has 0 spiro atoms. The Morgan fingerprint density at radius 2 is 1.07 bits per heavy atom. The van der Waals surface area contributed by atoms with Gasteiger partial charge in [-0.3, -0.25) is 0 Å². The molecule has 26 heteroatoms. The molecule has 518 valence electrons. The van der Waals surface area contributed by atoms with Crippen LogP contribution >= 0.6 is 11.6 Å². The van der Waals surface area contributed by atoms with Crippen LogP contribution in [0.5, 0.6) is 11.5 Å². The Morgan fingerprint density at radius 1 is 0.653 bits per heavy atom. The van der Waals surface area contributed by atoms with Gasteiger partial charge in [-0.15, -0.1) is 0 Å². The van der Waals surface area contributed by atoms with Gasteiger partial charge in [-0.1, -0.05) is 109 Å². The topological polar surface area (TPSA) is 257 Å². The third-order valence-corrected chi connectivity index (χ3v) is 20.3. The molecule has 3 fully saturated rings. The largest absolute Gasteiger partial charge is 0.495 e. The van der Waals surface area contributed by atoms with E-state index in [0.717, 1.165) is 33.4 Å². The molecule has 11 rings (SSSR count). The first-order chi connectivity index (χ1) is 45.9. The number of nitrogens with one attached hydrogen (secondary N) is 2. The van der Waals surface area contributed by atoms with E-state index in [-0.39, 0.29) is 45.6 Å². The highest BCUT2D eigenvalue weighted by atomic mass is 35.5. The smallest absolute Gasteiger partial charge is 0.489 e. The molecule has 4 aromatic carbocycles. The van der Waals surface area contributed by atoms with Gasteiger partial charge < -0.3 is 48.3 Å². The summed E-state index contributed by atoms with van der Waals surface area (Å²) in [5.74, 6) is 1.01. The molecule has 3 aliphatic heterocycles. The molecule has 3 aliphatic rings. The first-order valence-electron chi connectivity index (χ1n) is 31.9. The molecule has 22 nitrogen and oxygen atoms in total. The van der Waals surface area contributed by atoms with Crippen LogP contribution in [-0.2, 0) is 65.0 Å². The molecule has 0 aliphatic carbocycles. The molecular formula is C72H86BClN10O12S2. The van der Waals surface area contributed by atoms with E-state index in [2.05, 4.69) is 30.6 Å². The van der Waals surface area contributed by atoms with Crippen LogP contribution in [0.15, 0.2) is 146 Å². The van der Waals surface area contributed by atoms with Gasteiger partial charge in [0.25, 0.3) is 0 Å². The summed E-state index contributed by atoms with van der Waals surface area (Å²) in [5.41, 5.74) is 3.65. The van der Waals surface area contributed by atoms with Crippen molar-refractivity contribution in [1.82, 2.24) is 38.5 Å². The zero-order chi connectivity index (χ0) is 71.4. The van der Waals surface area contributed by atoms with Crippen LogP contribution in [0.3, 0.4) is 0 Å². The summed E-state index contributed by atoms with van der Waals surface area (Å²) < 4.78 is 69.7. The quantitative estimate of drug-likeness (QED) is 0.0460. The number of pyridine rings is 2. The zero-order valence-corrected chi connectivity index (χ0v) is 60.2. The summed E-state index contributed by atoms with van der Waals surface area (Å²) >= 11 is 6.01. The van der Waals surface area contributed by atoms with E-state index >= 15 is 0 Å². The first-order valence-corrected chi connectivity index (χ1v) is 34.6. The number of ether oxygens (including phenoxy) is 4. The molecule has 2 atom stereocenters. The van der Waals surface area contributed by atoms with Crippen LogP contribution in [0.2, 0.25) is 5.02 Å². The van der Waals surface area contributed by atoms with Crippen molar-refractivity contribution in [1.29, 1.82) is 5.26 Å². The summed E-state index contributed by atoms with van der Waals surface area (Å²) in [5, 5.41) is 39.0. The van der Waals surface area contributed by atoms with E-state index in [1.807, 2.05) is 172 Å². The number of halogens is 1. The molecule has 2 amide bonds. The fourth-order valence-electron chi connectivity index (χ4n) is 10.5. The number of fused-ring (bicyclic) bond motifs is 2. The number of rotatable bonds is 18. The molecule has 2 unspecified atom stereocenters. The summed E-state index contributed by atoms with van der Waals surface area (Å²) in [6, 6.07) is 40.0. The minimum absolute atomic E-state index is 0.0760. The van der Waals surface area contributed by atoms with E-state index in [1.165, 1.54) is 12.4 Å². The molecule has 0 saturated carbocycles. The number of benzene rings is 4. The predicted octanol–water partition coefficient (Wildman–Crippen LogP) is 11.5. The van der Waals surface area contributed by atoms with Crippen LogP contribution in [-0.4, -0.2) is 138 Å². The lowest BCUT2D eigenvalue weighted by Crippen LogP contribution is -2.69. The number of aromatic nitrogens is 4. The standard InChI is InChI=1S/C33H37N5O5S.C21H25ClN2O3S.C18H24BN3O4/c1-31(2,3)44(41)36-33(20-37(21-33)30(39)42-19-23-9-7-6-8-10-23)26-13-11-24(12-14-26)28-15-27(43-22-32(4,5)40)18-38-29(28)25(16-34)17-35-38;1-20(2,3)28(26)23-21(17-9-11-18(22)12-10-17)14-24(15-21)19(25)27-13-16-7-5-4-6-8-16;1-16(2,23)11-24-12-8-13(15-14(20-7)9-21-22(15)10-12)19-25-17(3,4)18(5,6)26-19/h6-15,17-18,36,40H,19-22H2,1-5H3;4-12,23H,13-15H2,1-3H3;8-10,23H,11H2,1-6H3. The minimum atomic E-state index is -1.40. The van der Waals surface area contributed by atoms with Crippen molar-refractivity contribution >= 4 is 75.1 Å². The van der Waals surface area contributed by atoms with E-state index in [1.54, 1.807) is 77.1 Å². The van der Waals surface area contributed by atoms with Crippen molar-refractivity contribution in [3.63, 3.8) is 0 Å². The van der Waals surface area contributed by atoms with E-state index in [4.69, 9.17) is 46.4 Å². The number of likely N-dealkylation sites (tertiary alicyclic amines) is 2. The SMILES string of the molecule is CC(C)(C)S(=O)NC1(c2ccc(Cl)cc2)CN(C(=O)OCc2ccccc2)C1.CC(C)(O)COc1cc(-c2ccc(C3(NS(=O)C(C)(C)C)CN(C(=O)OCc4ccccc4)C3)cc2)c2c(C#N)cnn2c1.[C-]#[N+]c1cnn2cc(OCC(C)(C)O)cc(B3OC(C)(C)C(C)(C)O3)c12. The lowest BCUT2D eigenvalue weighted by Gasteiger charge is -2.50. The Bertz CT molecular complexity index is 4260. The van der Waals surface area contributed by atoms with Gasteiger partial charge in [0.05, 0.1) is 113 Å². The second-order valence-electron chi connectivity index (χ2n) is 28.9. The number of hydrogen-bond acceptors (Lipinski definition) is 15. The van der Waals surface area contributed by atoms with Crippen LogP contribution < -0.4 is 24.4 Å². The maximum Gasteiger partial charge on any atom is 0.495 e. The zero-order valence-electron chi connectivity index (χ0n) is 57.8. The summed E-state index contributed by atoms with van der Waals surface area (Å²) in [7, 11) is -3.34. The van der Waals surface area contributed by atoms with Crippen LogP contribution in [0.25, 0.3) is 27.0 Å². The lowest BCUT2D eigenvalue weighted by molar-refractivity contribution is 0.00578. The average molecular weight is 1390 g/mol. The molecule has 98 heavy (non-hydrogen) atoms. The Balaban J connectivity index is 0.000000181. The van der Waals surface area contributed by atoms with Crippen LogP contribution in [0.4, 0.5) is 15.3 Å². The maximum absolute atomic E-state index is 13.3. The van der Waals surface area contributed by atoms with Gasteiger partial charge >= 0.3 is 19.3 Å². The Labute approximate surface area is 583 Å². The molecule has 0 radical (unpaired) electrons. The van der Waals surface area contributed by atoms with E-state index in [0.29, 0.717) is 57.4 Å². The fraction of sp³-hybridized carbons (Fsp3) is 0.417. The maximum atomic E-state index is 13.3. The number of nitrogens with zero attached hydrogens (tertiary/aromatic N) is 8. The molecule has 7 heterocycles. The summed E-state index contributed by atoms with van der Waals surface area (Å²) in [4.78, 5) is 32.1. The van der Waals surface area contributed by atoms with E-state index < -0.39 is 78.2 Å². The van der Waals surface area contributed by atoms with Gasteiger partial charge in [0, 0.05) is 42.2 Å². The predicted molar refractivity (Wildman–Crippen MR) is 379 cm³/mol. The van der Waals surface area contributed by atoms with Crippen molar-refractivity contribution in [3.05, 3.63) is 190 Å². The highest BCUT2D eigenvalue weighted by Crippen LogP contribution is 2.41. The van der Waals surface area contributed by atoms with Gasteiger partial charge in [-0.25, -0.2) is 41.3 Å². The third kappa shape index (κ3) is 17.8. The monoisotopic (exact) mass is 1390 g/mol. The van der Waals surface area contributed by atoms with Crippen molar-refractivity contribution < 1.29 is 56.5 Å². The highest BCUT2D eigenvalue weighted by molar-refractivity contribution is 7.84. The Hall–Kier alpha value is -8.21. The number of nitriles is 1. The molecule has 8 aromatic rings. The van der Waals surface area contributed by atoms with Gasteiger partial charge in [0.15, 0.2) is 0 Å². The van der Waals surface area contributed by atoms with Crippen LogP contribution in [0, 0.1) is 17.9 Å². The number of carbonyl (C=O) groups is 2. The van der Waals surface area contributed by atoms with Crippen molar-refractivity contribution in [2.45, 2.75) is 153 Å². The molecular weight excluding hydrogens is 1310 g/mol. The fourth-order valence-corrected chi connectivity index (χ4v) is 12.5. The van der Waals surface area contributed by atoms with Gasteiger partial charge in [-0.05, 0) is 149 Å². The highest BCUT2D eigenvalue weighted by Gasteiger charge is 2.53. The molecule has 4 N–H and O–H groups in total. The number of aliphatic hydroxyl groups is 2. The summed E-state index contributed by atoms with van der Waals surface area (Å²) in [6.45, 7) is 35.3. The third-order valence-electron chi connectivity index (χ3n) is 16.7. The van der Waals surface area contributed by atoms with Crippen molar-refractivity contribution in [2.75, 3.05) is 39.4 Å². The Kier molecular flexibility index (Phi) is 22.1. The van der Waals surface area contributed by atoms with Crippen LogP contribution in [0.1, 0.15) is 125 Å². The second kappa shape index (κ2) is 29.3.